The van der Waals surface area contributed by atoms with E-state index in [4.69, 9.17) is 0 Å². The zero-order chi connectivity index (χ0) is 21.8. The summed E-state index contributed by atoms with van der Waals surface area (Å²) in [5.74, 6) is -1.13. The number of nitriles is 1. The molecule has 0 spiro atoms. The molecule has 0 bridgehead atoms. The van der Waals surface area contributed by atoms with Crippen molar-refractivity contribution in [3.63, 3.8) is 0 Å². The molecule has 154 valence electrons. The van der Waals surface area contributed by atoms with E-state index >= 15 is 0 Å². The molecule has 29 heavy (non-hydrogen) atoms. The first kappa shape index (κ1) is 23.2. The standard InChI is InChI=1S/C17H9Br2F4NO4S/c18-10-2-4-13(19)15(6-10)29(25,26)12(8-24)5-9-1-3-11(27-16(20)21)7-14(9)28-17(22)23/h1-7,16-17H/b12-5+. The second-order valence-corrected chi connectivity index (χ2v) is 8.81. The molecule has 0 fully saturated rings. The van der Waals surface area contributed by atoms with Crippen LogP contribution in [0.2, 0.25) is 0 Å². The van der Waals surface area contributed by atoms with Gasteiger partial charge < -0.3 is 9.47 Å². The highest BCUT2D eigenvalue weighted by atomic mass is 79.9. The van der Waals surface area contributed by atoms with Crippen molar-refractivity contribution in [1.82, 2.24) is 0 Å². The predicted molar refractivity (Wildman–Crippen MR) is 102 cm³/mol. The molecule has 0 N–H and O–H groups in total. The Bertz CT molecular complexity index is 1090. The minimum Gasteiger partial charge on any atom is -0.435 e. The van der Waals surface area contributed by atoms with Crippen molar-refractivity contribution in [1.29, 1.82) is 5.26 Å². The lowest BCUT2D eigenvalue weighted by Gasteiger charge is -2.12. The topological polar surface area (TPSA) is 76.4 Å². The third-order valence-corrected chi connectivity index (χ3v) is 6.45. The van der Waals surface area contributed by atoms with Crippen LogP contribution >= 0.6 is 31.9 Å². The van der Waals surface area contributed by atoms with Gasteiger partial charge in [-0.1, -0.05) is 15.9 Å². The van der Waals surface area contributed by atoms with Crippen molar-refractivity contribution in [2.45, 2.75) is 18.1 Å². The number of rotatable bonds is 7. The van der Waals surface area contributed by atoms with E-state index < -0.39 is 39.5 Å². The first-order valence-corrected chi connectivity index (χ1v) is 10.5. The molecule has 0 aromatic heterocycles. The molecule has 12 heteroatoms. The van der Waals surface area contributed by atoms with Crippen LogP contribution in [0.15, 0.2) is 55.1 Å². The highest BCUT2D eigenvalue weighted by Gasteiger charge is 2.25. The van der Waals surface area contributed by atoms with Crippen molar-refractivity contribution in [3.05, 3.63) is 55.8 Å². The predicted octanol–water partition coefficient (Wildman–Crippen LogP) is 5.75. The number of benzene rings is 2. The fourth-order valence-corrected chi connectivity index (χ4v) is 4.77. The third-order valence-electron chi connectivity index (χ3n) is 3.30. The molecule has 2 rings (SSSR count). The maximum Gasteiger partial charge on any atom is 0.387 e. The zero-order valence-electron chi connectivity index (χ0n) is 14.0. The molecule has 0 radical (unpaired) electrons. The van der Waals surface area contributed by atoms with Crippen LogP contribution in [-0.2, 0) is 9.84 Å². The summed E-state index contributed by atoms with van der Waals surface area (Å²) in [5, 5.41) is 9.35. The van der Waals surface area contributed by atoms with Crippen LogP contribution in [0.3, 0.4) is 0 Å². The molecule has 0 aliphatic heterocycles. The highest BCUT2D eigenvalue weighted by molar-refractivity contribution is 9.11. The van der Waals surface area contributed by atoms with E-state index in [0.29, 0.717) is 4.47 Å². The van der Waals surface area contributed by atoms with Crippen LogP contribution < -0.4 is 9.47 Å². The summed E-state index contributed by atoms with van der Waals surface area (Å²) in [6.07, 6.45) is 0.798. The summed E-state index contributed by atoms with van der Waals surface area (Å²) in [6, 6.07) is 8.50. The monoisotopic (exact) mass is 557 g/mol. The van der Waals surface area contributed by atoms with Crippen molar-refractivity contribution in [3.8, 4) is 17.6 Å². The van der Waals surface area contributed by atoms with Gasteiger partial charge in [0.05, 0.1) is 4.90 Å². The average molecular weight is 559 g/mol. The number of ether oxygens (including phenoxy) is 2. The van der Waals surface area contributed by atoms with E-state index in [1.54, 1.807) is 6.07 Å². The summed E-state index contributed by atoms with van der Waals surface area (Å²) in [5.41, 5.74) is -0.252. The molecule has 0 amide bonds. The van der Waals surface area contributed by atoms with Gasteiger partial charge in [-0.05, 0) is 52.3 Å². The van der Waals surface area contributed by atoms with Gasteiger partial charge in [-0.25, -0.2) is 8.42 Å². The molecule has 0 unspecified atom stereocenters. The number of allylic oxidation sites excluding steroid dienone is 1. The Morgan fingerprint density at radius 2 is 1.69 bits per heavy atom. The largest absolute Gasteiger partial charge is 0.435 e. The smallest absolute Gasteiger partial charge is 0.387 e. The number of nitrogens with zero attached hydrogens (tertiary/aromatic N) is 1. The molecule has 0 heterocycles. The maximum atomic E-state index is 12.8. The number of hydrogen-bond acceptors (Lipinski definition) is 5. The first-order valence-electron chi connectivity index (χ1n) is 7.40. The van der Waals surface area contributed by atoms with Crippen LogP contribution in [0.1, 0.15) is 5.56 Å². The lowest BCUT2D eigenvalue weighted by Crippen LogP contribution is -2.07. The molecular weight excluding hydrogens is 550 g/mol. The van der Waals surface area contributed by atoms with Crippen LogP contribution in [0.5, 0.6) is 11.5 Å². The van der Waals surface area contributed by atoms with E-state index in [2.05, 4.69) is 41.3 Å². The molecule has 0 saturated heterocycles. The molecule has 0 saturated carbocycles. The SMILES string of the molecule is N#C/C(=C\c1ccc(OC(F)F)cc1OC(F)F)S(=O)(=O)c1cc(Br)ccc1Br. The molecule has 2 aromatic carbocycles. The molecule has 0 atom stereocenters. The van der Waals surface area contributed by atoms with Gasteiger partial charge >= 0.3 is 13.2 Å². The van der Waals surface area contributed by atoms with Gasteiger partial charge in [-0.15, -0.1) is 0 Å². The summed E-state index contributed by atoms with van der Waals surface area (Å²) < 4.78 is 84.7. The third kappa shape index (κ3) is 5.94. The van der Waals surface area contributed by atoms with Gasteiger partial charge in [-0.3, -0.25) is 0 Å². The highest BCUT2D eigenvalue weighted by Crippen LogP contribution is 2.33. The summed E-state index contributed by atoms with van der Waals surface area (Å²) in [7, 11) is -4.35. The number of hydrogen-bond donors (Lipinski definition) is 0. The Morgan fingerprint density at radius 3 is 2.28 bits per heavy atom. The van der Waals surface area contributed by atoms with Crippen LogP contribution in [0, 0.1) is 11.3 Å². The molecule has 0 aliphatic carbocycles. The van der Waals surface area contributed by atoms with Crippen LogP contribution in [0.25, 0.3) is 6.08 Å². The van der Waals surface area contributed by atoms with Crippen molar-refractivity contribution >= 4 is 47.8 Å². The fraction of sp³-hybridized carbons (Fsp3) is 0.118. The van der Waals surface area contributed by atoms with Gasteiger partial charge in [0.1, 0.15) is 22.5 Å². The summed E-state index contributed by atoms with van der Waals surface area (Å²) >= 11 is 6.21. The zero-order valence-corrected chi connectivity index (χ0v) is 17.9. The molecule has 0 aliphatic rings. The lowest BCUT2D eigenvalue weighted by molar-refractivity contribution is -0.0543. The van der Waals surface area contributed by atoms with Gasteiger partial charge in [0.15, 0.2) is 0 Å². The minimum absolute atomic E-state index is 0.173. The number of alkyl halides is 4. The summed E-state index contributed by atoms with van der Waals surface area (Å²) in [4.78, 5) is -1.02. The van der Waals surface area contributed by atoms with Crippen molar-refractivity contribution in [2.24, 2.45) is 0 Å². The van der Waals surface area contributed by atoms with E-state index in [-0.39, 0.29) is 14.9 Å². The number of halogens is 6. The van der Waals surface area contributed by atoms with Crippen molar-refractivity contribution < 1.29 is 35.5 Å². The Morgan fingerprint density at radius 1 is 1.03 bits per heavy atom. The van der Waals surface area contributed by atoms with Gasteiger partial charge in [0.25, 0.3) is 0 Å². The van der Waals surface area contributed by atoms with E-state index in [0.717, 1.165) is 24.3 Å². The van der Waals surface area contributed by atoms with E-state index in [1.165, 1.54) is 18.2 Å². The minimum atomic E-state index is -4.35. The molecular formula is C17H9Br2F4NO4S. The Balaban J connectivity index is 2.59. The average Bonchev–Trinajstić information content (AvgIpc) is 2.61. The Kier molecular flexibility index (Phi) is 7.67. The van der Waals surface area contributed by atoms with Crippen LogP contribution in [0.4, 0.5) is 17.6 Å². The van der Waals surface area contributed by atoms with Gasteiger partial charge in [-0.2, -0.15) is 22.8 Å². The molecule has 5 nitrogen and oxygen atoms in total. The normalized spacial score (nSPS) is 12.2. The van der Waals surface area contributed by atoms with E-state index in [9.17, 15) is 31.2 Å². The maximum absolute atomic E-state index is 12.8. The quantitative estimate of drug-likeness (QED) is 0.319. The van der Waals surface area contributed by atoms with Crippen molar-refractivity contribution in [2.75, 3.05) is 0 Å². The Hall–Kier alpha value is -2.10. The van der Waals surface area contributed by atoms with Crippen LogP contribution in [-0.4, -0.2) is 21.6 Å². The summed E-state index contributed by atoms with van der Waals surface area (Å²) in [6.45, 7) is -6.54. The van der Waals surface area contributed by atoms with Gasteiger partial charge in [0.2, 0.25) is 9.84 Å². The van der Waals surface area contributed by atoms with E-state index in [1.807, 2.05) is 0 Å². The molecule has 2 aromatic rings. The second kappa shape index (κ2) is 9.60. The lowest BCUT2D eigenvalue weighted by atomic mass is 10.2. The number of sulfone groups is 1. The van der Waals surface area contributed by atoms with Gasteiger partial charge in [0, 0.05) is 20.6 Å². The second-order valence-electron chi connectivity index (χ2n) is 5.16. The first-order chi connectivity index (χ1) is 13.5. The fourth-order valence-electron chi connectivity index (χ4n) is 2.12. The Labute approximate surface area is 179 Å².